The lowest BCUT2D eigenvalue weighted by Gasteiger charge is -2.34. The maximum atomic E-state index is 11.4. The van der Waals surface area contributed by atoms with Crippen molar-refractivity contribution in [3.05, 3.63) is 0 Å². The van der Waals surface area contributed by atoms with Gasteiger partial charge in [0.25, 0.3) is 0 Å². The summed E-state index contributed by atoms with van der Waals surface area (Å²) in [6.07, 6.45) is 2.31. The van der Waals surface area contributed by atoms with Gasteiger partial charge in [0, 0.05) is 25.2 Å². The molecule has 1 saturated heterocycles. The van der Waals surface area contributed by atoms with Crippen molar-refractivity contribution >= 4 is 9.84 Å². The van der Waals surface area contributed by atoms with Gasteiger partial charge in [-0.15, -0.1) is 0 Å². The van der Waals surface area contributed by atoms with Crippen molar-refractivity contribution in [2.75, 3.05) is 24.6 Å². The highest BCUT2D eigenvalue weighted by molar-refractivity contribution is 7.91. The first-order chi connectivity index (χ1) is 8.00. The molecule has 2 fully saturated rings. The summed E-state index contributed by atoms with van der Waals surface area (Å²) in [7, 11) is -2.86. The molecule has 2 unspecified atom stereocenters. The fourth-order valence-electron chi connectivity index (χ4n) is 2.20. The predicted molar refractivity (Wildman–Crippen MR) is 65.2 cm³/mol. The predicted octanol–water partition coefficient (Wildman–Crippen LogP) is -0.251. The van der Waals surface area contributed by atoms with Gasteiger partial charge in [-0.25, -0.2) is 8.42 Å². The first-order valence-electron chi connectivity index (χ1n) is 6.10. The number of sulfone groups is 1. The van der Waals surface area contributed by atoms with Gasteiger partial charge in [0.05, 0.1) is 17.6 Å². The SMILES string of the molecule is CC1CS(=O)(=O)CCN1CC(C#N)NC1CC1. The lowest BCUT2D eigenvalue weighted by molar-refractivity contribution is 0.214. The minimum absolute atomic E-state index is 0.0191. The molecule has 0 spiro atoms. The highest BCUT2D eigenvalue weighted by Gasteiger charge is 2.31. The van der Waals surface area contributed by atoms with Gasteiger partial charge in [-0.05, 0) is 19.8 Å². The van der Waals surface area contributed by atoms with Gasteiger partial charge in [0.2, 0.25) is 0 Å². The van der Waals surface area contributed by atoms with Crippen LogP contribution in [0.3, 0.4) is 0 Å². The van der Waals surface area contributed by atoms with E-state index in [4.69, 9.17) is 5.26 Å². The molecule has 2 rings (SSSR count). The van der Waals surface area contributed by atoms with E-state index in [2.05, 4.69) is 16.3 Å². The molecule has 1 aliphatic heterocycles. The van der Waals surface area contributed by atoms with E-state index in [0.717, 1.165) is 12.8 Å². The summed E-state index contributed by atoms with van der Waals surface area (Å²) in [6.45, 7) is 3.10. The average Bonchev–Trinajstić information content (AvgIpc) is 3.04. The van der Waals surface area contributed by atoms with Crippen LogP contribution in [0, 0.1) is 11.3 Å². The summed E-state index contributed by atoms with van der Waals surface area (Å²) in [4.78, 5) is 2.10. The molecular formula is C11H19N3O2S. The smallest absolute Gasteiger partial charge is 0.153 e. The molecule has 6 heteroatoms. The van der Waals surface area contributed by atoms with E-state index in [0.29, 0.717) is 19.1 Å². The molecule has 0 amide bonds. The van der Waals surface area contributed by atoms with Gasteiger partial charge in [-0.1, -0.05) is 0 Å². The zero-order valence-electron chi connectivity index (χ0n) is 10.1. The van der Waals surface area contributed by atoms with Crippen LogP contribution in [0.15, 0.2) is 0 Å². The minimum atomic E-state index is -2.86. The molecule has 1 heterocycles. The average molecular weight is 257 g/mol. The second-order valence-electron chi connectivity index (χ2n) is 5.08. The Morgan fingerprint density at radius 2 is 2.24 bits per heavy atom. The van der Waals surface area contributed by atoms with Crippen LogP contribution in [0.25, 0.3) is 0 Å². The van der Waals surface area contributed by atoms with Gasteiger partial charge < -0.3 is 0 Å². The Morgan fingerprint density at radius 1 is 1.53 bits per heavy atom. The first-order valence-corrected chi connectivity index (χ1v) is 7.92. The highest BCUT2D eigenvalue weighted by atomic mass is 32.2. The van der Waals surface area contributed by atoms with Crippen molar-refractivity contribution in [1.29, 1.82) is 5.26 Å². The Hall–Kier alpha value is -0.640. The normalized spacial score (nSPS) is 30.7. The molecule has 1 N–H and O–H groups in total. The lowest BCUT2D eigenvalue weighted by atomic mass is 10.2. The van der Waals surface area contributed by atoms with E-state index in [-0.39, 0.29) is 23.6 Å². The number of nitrogens with zero attached hydrogens (tertiary/aromatic N) is 2. The van der Waals surface area contributed by atoms with Crippen molar-refractivity contribution in [2.24, 2.45) is 0 Å². The van der Waals surface area contributed by atoms with Crippen molar-refractivity contribution in [1.82, 2.24) is 10.2 Å². The molecular weight excluding hydrogens is 238 g/mol. The molecule has 5 nitrogen and oxygen atoms in total. The van der Waals surface area contributed by atoms with Gasteiger partial charge in [0.15, 0.2) is 9.84 Å². The zero-order valence-corrected chi connectivity index (χ0v) is 10.9. The monoisotopic (exact) mass is 257 g/mol. The zero-order chi connectivity index (χ0) is 12.5. The van der Waals surface area contributed by atoms with Crippen LogP contribution in [0.1, 0.15) is 19.8 Å². The molecule has 2 aliphatic rings. The standard InChI is InChI=1S/C11H19N3O2S/c1-9-8-17(15,16)5-4-14(9)7-11(6-12)13-10-2-3-10/h9-11,13H,2-5,7-8H2,1H3. The molecule has 1 saturated carbocycles. The Balaban J connectivity index is 1.87. The summed E-state index contributed by atoms with van der Waals surface area (Å²) in [5.41, 5.74) is 0. The van der Waals surface area contributed by atoms with Gasteiger partial charge >= 0.3 is 0 Å². The molecule has 0 bridgehead atoms. The third-order valence-electron chi connectivity index (χ3n) is 3.40. The fourth-order valence-corrected chi connectivity index (χ4v) is 3.83. The lowest BCUT2D eigenvalue weighted by Crippen LogP contribution is -2.51. The van der Waals surface area contributed by atoms with Crippen molar-refractivity contribution in [3.63, 3.8) is 0 Å². The summed E-state index contributed by atoms with van der Waals surface area (Å²) in [5, 5.41) is 12.3. The molecule has 0 aromatic heterocycles. The van der Waals surface area contributed by atoms with E-state index in [1.54, 1.807) is 0 Å². The quantitative estimate of drug-likeness (QED) is 0.752. The third-order valence-corrected chi connectivity index (χ3v) is 5.19. The van der Waals surface area contributed by atoms with Crippen molar-refractivity contribution in [2.45, 2.75) is 37.9 Å². The van der Waals surface area contributed by atoms with Crippen LogP contribution in [0.2, 0.25) is 0 Å². The second-order valence-corrected chi connectivity index (χ2v) is 7.31. The van der Waals surface area contributed by atoms with E-state index in [1.807, 2.05) is 6.92 Å². The van der Waals surface area contributed by atoms with Crippen LogP contribution < -0.4 is 5.32 Å². The maximum absolute atomic E-state index is 11.4. The van der Waals surface area contributed by atoms with E-state index in [1.165, 1.54) is 0 Å². The van der Waals surface area contributed by atoms with Crippen molar-refractivity contribution in [3.8, 4) is 6.07 Å². The second kappa shape index (κ2) is 4.92. The summed E-state index contributed by atoms with van der Waals surface area (Å²) < 4.78 is 22.9. The van der Waals surface area contributed by atoms with Crippen LogP contribution >= 0.6 is 0 Å². The highest BCUT2D eigenvalue weighted by Crippen LogP contribution is 2.20. The summed E-state index contributed by atoms with van der Waals surface area (Å²) in [5.74, 6) is 0.438. The van der Waals surface area contributed by atoms with Crippen LogP contribution in [-0.2, 0) is 9.84 Å². The van der Waals surface area contributed by atoms with E-state index >= 15 is 0 Å². The third kappa shape index (κ3) is 3.66. The molecule has 96 valence electrons. The summed E-state index contributed by atoms with van der Waals surface area (Å²) in [6, 6.07) is 2.61. The van der Waals surface area contributed by atoms with Gasteiger partial charge in [-0.3, -0.25) is 10.2 Å². The number of nitriles is 1. The largest absolute Gasteiger partial charge is 0.298 e. The number of hydrogen-bond acceptors (Lipinski definition) is 5. The summed E-state index contributed by atoms with van der Waals surface area (Å²) >= 11 is 0. The van der Waals surface area contributed by atoms with Crippen molar-refractivity contribution < 1.29 is 8.42 Å². The number of rotatable bonds is 4. The van der Waals surface area contributed by atoms with Gasteiger partial charge in [-0.2, -0.15) is 5.26 Å². The van der Waals surface area contributed by atoms with Gasteiger partial charge in [0.1, 0.15) is 6.04 Å². The first kappa shape index (κ1) is 12.8. The maximum Gasteiger partial charge on any atom is 0.153 e. The van der Waals surface area contributed by atoms with Crippen LogP contribution in [0.5, 0.6) is 0 Å². The minimum Gasteiger partial charge on any atom is -0.298 e. The number of nitrogens with one attached hydrogen (secondary N) is 1. The molecule has 0 aromatic rings. The Bertz CT molecular complexity index is 411. The molecule has 0 radical (unpaired) electrons. The molecule has 17 heavy (non-hydrogen) atoms. The topological polar surface area (TPSA) is 73.2 Å². The molecule has 0 aromatic carbocycles. The fraction of sp³-hybridized carbons (Fsp3) is 0.909. The molecule has 1 aliphatic carbocycles. The van der Waals surface area contributed by atoms with Crippen LogP contribution in [0.4, 0.5) is 0 Å². The Kier molecular flexibility index (Phi) is 3.71. The van der Waals surface area contributed by atoms with E-state index in [9.17, 15) is 8.42 Å². The van der Waals surface area contributed by atoms with E-state index < -0.39 is 9.84 Å². The Morgan fingerprint density at radius 3 is 2.76 bits per heavy atom. The van der Waals surface area contributed by atoms with Crippen LogP contribution in [-0.4, -0.2) is 56.0 Å². The Labute approximate surface area is 103 Å². The molecule has 2 atom stereocenters. The number of hydrogen-bond donors (Lipinski definition) is 1.